The molecule has 0 saturated carbocycles. The quantitative estimate of drug-likeness (QED) is 0.167. The summed E-state index contributed by atoms with van der Waals surface area (Å²) in [6.07, 6.45) is 6.37. The third-order valence-electron chi connectivity index (χ3n) is 8.23. The maximum atomic E-state index is 14.1. The molecule has 2 atom stereocenters. The molecule has 1 aliphatic heterocycles. The van der Waals surface area contributed by atoms with Crippen molar-refractivity contribution < 1.29 is 23.9 Å². The first-order valence-corrected chi connectivity index (χ1v) is 16.5. The molecule has 0 radical (unpaired) electrons. The van der Waals surface area contributed by atoms with Crippen molar-refractivity contribution in [3.05, 3.63) is 102 Å². The van der Waals surface area contributed by atoms with Gasteiger partial charge in [-0.3, -0.25) is 4.79 Å². The van der Waals surface area contributed by atoms with E-state index < -0.39 is 29.6 Å². The van der Waals surface area contributed by atoms with Gasteiger partial charge in [0.1, 0.15) is 30.0 Å². The average Bonchev–Trinajstić information content (AvgIpc) is 3.25. The Morgan fingerprint density at radius 1 is 0.787 bits per heavy atom. The van der Waals surface area contributed by atoms with Crippen molar-refractivity contribution >= 4 is 28.8 Å². The van der Waals surface area contributed by atoms with Gasteiger partial charge in [-0.25, -0.2) is 9.59 Å². The molecule has 47 heavy (non-hydrogen) atoms. The zero-order valence-electron chi connectivity index (χ0n) is 27.6. The zero-order chi connectivity index (χ0) is 33.2. The van der Waals surface area contributed by atoms with Gasteiger partial charge in [0.2, 0.25) is 5.91 Å². The summed E-state index contributed by atoms with van der Waals surface area (Å²) in [4.78, 5) is 46.0. The molecular formula is C38H46N4O5. The largest absolute Gasteiger partial charge is 0.489 e. The summed E-state index contributed by atoms with van der Waals surface area (Å²) in [7, 11) is 0. The minimum atomic E-state index is -0.974. The number of hydrogen-bond acceptors (Lipinski definition) is 5. The van der Waals surface area contributed by atoms with Crippen LogP contribution in [0.4, 0.5) is 4.79 Å². The third-order valence-corrected chi connectivity index (χ3v) is 8.23. The van der Waals surface area contributed by atoms with Crippen LogP contribution in [-0.4, -0.2) is 58.6 Å². The van der Waals surface area contributed by atoms with Crippen LogP contribution in [0.25, 0.3) is 10.9 Å². The standard InChI is InChI=1S/C38H46N4O5/c1-38(2,3)47-36(44)34(23-27-17-19-30(20-18-27)46-26-28-13-7-6-8-14-28)40-35(43)33(41-37(45)42-21-11-4-5-12-22-42)24-29-25-39-32-16-10-9-15-31(29)32/h6-10,13-20,25,33-34,39H,4-5,11-12,21-24,26H2,1-3H3,(H,40,43)(H,41,45). The maximum absolute atomic E-state index is 14.1. The van der Waals surface area contributed by atoms with Crippen molar-refractivity contribution in [2.24, 2.45) is 0 Å². The number of nitrogens with one attached hydrogen (secondary N) is 3. The molecule has 2 heterocycles. The van der Waals surface area contributed by atoms with Crippen molar-refractivity contribution in [2.75, 3.05) is 13.1 Å². The summed E-state index contributed by atoms with van der Waals surface area (Å²) in [5, 5.41) is 6.92. The molecule has 1 aromatic heterocycles. The molecule has 1 saturated heterocycles. The van der Waals surface area contributed by atoms with Crippen LogP contribution in [0.3, 0.4) is 0 Å². The van der Waals surface area contributed by atoms with Crippen LogP contribution >= 0.6 is 0 Å². The average molecular weight is 639 g/mol. The van der Waals surface area contributed by atoms with Crippen molar-refractivity contribution in [3.8, 4) is 5.75 Å². The molecular weight excluding hydrogens is 592 g/mol. The molecule has 3 amide bonds. The van der Waals surface area contributed by atoms with E-state index in [1.54, 1.807) is 25.7 Å². The number of H-pyrrole nitrogens is 1. The number of fused-ring (bicyclic) bond motifs is 1. The summed E-state index contributed by atoms with van der Waals surface area (Å²) in [6, 6.07) is 23.1. The molecule has 248 valence electrons. The molecule has 4 aromatic rings. The molecule has 5 rings (SSSR count). The summed E-state index contributed by atoms with van der Waals surface area (Å²) in [5.74, 6) is -0.289. The molecule has 2 unspecified atom stereocenters. The van der Waals surface area contributed by atoms with Crippen molar-refractivity contribution in [2.45, 2.75) is 83.6 Å². The van der Waals surface area contributed by atoms with Crippen LogP contribution in [0.5, 0.6) is 5.75 Å². The predicted molar refractivity (Wildman–Crippen MR) is 183 cm³/mol. The second-order valence-electron chi connectivity index (χ2n) is 13.2. The summed E-state index contributed by atoms with van der Waals surface area (Å²) in [5.41, 5.74) is 2.99. The van der Waals surface area contributed by atoms with Gasteiger partial charge in [-0.15, -0.1) is 0 Å². The van der Waals surface area contributed by atoms with Crippen LogP contribution in [-0.2, 0) is 33.8 Å². The number of carbonyl (C=O) groups is 3. The number of benzene rings is 3. The number of hydrogen-bond donors (Lipinski definition) is 3. The van der Waals surface area contributed by atoms with E-state index in [-0.39, 0.29) is 18.9 Å². The molecule has 0 spiro atoms. The highest BCUT2D eigenvalue weighted by atomic mass is 16.6. The monoisotopic (exact) mass is 638 g/mol. The Kier molecular flexibility index (Phi) is 11.2. The second kappa shape index (κ2) is 15.7. The highest BCUT2D eigenvalue weighted by Gasteiger charge is 2.32. The first-order chi connectivity index (χ1) is 22.6. The van der Waals surface area contributed by atoms with Gasteiger partial charge in [-0.2, -0.15) is 0 Å². The van der Waals surface area contributed by atoms with Gasteiger partial charge in [-0.1, -0.05) is 73.5 Å². The molecule has 0 aliphatic carbocycles. The number of esters is 1. The lowest BCUT2D eigenvalue weighted by atomic mass is 10.0. The Bertz CT molecular complexity index is 1620. The minimum Gasteiger partial charge on any atom is -0.489 e. The fourth-order valence-electron chi connectivity index (χ4n) is 5.78. The number of aromatic nitrogens is 1. The maximum Gasteiger partial charge on any atom is 0.329 e. The zero-order valence-corrected chi connectivity index (χ0v) is 27.6. The highest BCUT2D eigenvalue weighted by Crippen LogP contribution is 2.21. The lowest BCUT2D eigenvalue weighted by molar-refractivity contribution is -0.158. The fraction of sp³-hybridized carbons (Fsp3) is 0.395. The lowest BCUT2D eigenvalue weighted by Crippen LogP contribution is -2.56. The van der Waals surface area contributed by atoms with Gasteiger partial charge >= 0.3 is 12.0 Å². The number of nitrogens with zero attached hydrogens (tertiary/aromatic N) is 1. The number of rotatable bonds is 11. The first kappa shape index (κ1) is 33.6. The van der Waals surface area contributed by atoms with Gasteiger partial charge < -0.3 is 30.0 Å². The van der Waals surface area contributed by atoms with Crippen LogP contribution < -0.4 is 15.4 Å². The fourth-order valence-corrected chi connectivity index (χ4v) is 5.78. The van der Waals surface area contributed by atoms with E-state index in [0.29, 0.717) is 25.4 Å². The van der Waals surface area contributed by atoms with Gasteiger partial charge in [-0.05, 0) is 68.5 Å². The van der Waals surface area contributed by atoms with Crippen LogP contribution in [0.2, 0.25) is 0 Å². The molecule has 1 aliphatic rings. The van der Waals surface area contributed by atoms with Gasteiger partial charge in [0.05, 0.1) is 0 Å². The van der Waals surface area contributed by atoms with Gasteiger partial charge in [0, 0.05) is 43.0 Å². The number of urea groups is 1. The number of ether oxygens (including phenoxy) is 2. The number of para-hydroxylation sites is 1. The van der Waals surface area contributed by atoms with Crippen molar-refractivity contribution in [1.29, 1.82) is 0 Å². The molecule has 3 aromatic carbocycles. The minimum absolute atomic E-state index is 0.208. The molecule has 3 N–H and O–H groups in total. The smallest absolute Gasteiger partial charge is 0.329 e. The topological polar surface area (TPSA) is 113 Å². The predicted octanol–water partition coefficient (Wildman–Crippen LogP) is 6.31. The Balaban J connectivity index is 1.33. The van der Waals surface area contributed by atoms with Gasteiger partial charge in [0.25, 0.3) is 0 Å². The van der Waals surface area contributed by atoms with E-state index in [1.165, 1.54) is 0 Å². The van der Waals surface area contributed by atoms with Crippen molar-refractivity contribution in [3.63, 3.8) is 0 Å². The van der Waals surface area contributed by atoms with Gasteiger partial charge in [0.15, 0.2) is 0 Å². The molecule has 1 fully saturated rings. The summed E-state index contributed by atoms with van der Waals surface area (Å²) in [6.45, 7) is 7.13. The molecule has 0 bridgehead atoms. The van der Waals surface area contributed by atoms with Crippen LogP contribution in [0, 0.1) is 0 Å². The normalized spacial score (nSPS) is 14.9. The Hall–Kier alpha value is -4.79. The van der Waals surface area contributed by atoms with E-state index in [9.17, 15) is 14.4 Å². The van der Waals surface area contributed by atoms with E-state index in [4.69, 9.17) is 9.47 Å². The first-order valence-electron chi connectivity index (χ1n) is 16.5. The third kappa shape index (κ3) is 9.85. The van der Waals surface area contributed by atoms with Crippen LogP contribution in [0.1, 0.15) is 63.1 Å². The number of amides is 3. The Labute approximate surface area is 277 Å². The van der Waals surface area contributed by atoms with E-state index >= 15 is 0 Å². The SMILES string of the molecule is CC(C)(C)OC(=O)C(Cc1ccc(OCc2ccccc2)cc1)NC(=O)C(Cc1c[nH]c2ccccc12)NC(=O)N1CCCCCC1. The Morgan fingerprint density at radius 3 is 2.17 bits per heavy atom. The van der Waals surface area contributed by atoms with Crippen LogP contribution in [0.15, 0.2) is 85.1 Å². The number of likely N-dealkylation sites (tertiary alicyclic amines) is 1. The molecule has 9 nitrogen and oxygen atoms in total. The Morgan fingerprint density at radius 2 is 1.47 bits per heavy atom. The number of aromatic amines is 1. The number of carbonyl (C=O) groups excluding carboxylic acids is 3. The summed E-state index contributed by atoms with van der Waals surface area (Å²) >= 11 is 0. The van der Waals surface area contributed by atoms with Crippen molar-refractivity contribution in [1.82, 2.24) is 20.5 Å². The second-order valence-corrected chi connectivity index (χ2v) is 13.2. The van der Waals surface area contributed by atoms with E-state index in [0.717, 1.165) is 53.3 Å². The van der Waals surface area contributed by atoms with E-state index in [1.807, 2.05) is 85.1 Å². The summed E-state index contributed by atoms with van der Waals surface area (Å²) < 4.78 is 11.7. The highest BCUT2D eigenvalue weighted by molar-refractivity contribution is 5.92. The van der Waals surface area contributed by atoms with E-state index in [2.05, 4.69) is 15.6 Å². The lowest BCUT2D eigenvalue weighted by Gasteiger charge is -2.28. The molecule has 9 heteroatoms.